The van der Waals surface area contributed by atoms with Crippen LogP contribution in [-0.4, -0.2) is 33.6 Å². The van der Waals surface area contributed by atoms with Crippen LogP contribution in [0.15, 0.2) is 54.0 Å². The van der Waals surface area contributed by atoms with Gasteiger partial charge in [-0.2, -0.15) is 4.98 Å². The van der Waals surface area contributed by atoms with E-state index in [0.29, 0.717) is 12.2 Å². The molecule has 0 bridgehead atoms. The van der Waals surface area contributed by atoms with Gasteiger partial charge in [0.1, 0.15) is 5.65 Å². The van der Waals surface area contributed by atoms with Crippen molar-refractivity contribution < 1.29 is 0 Å². The maximum atomic E-state index is 12.6. The van der Waals surface area contributed by atoms with Crippen LogP contribution in [0.25, 0.3) is 16.7 Å². The largest absolute Gasteiger partial charge is 0.370 e. The van der Waals surface area contributed by atoms with Crippen molar-refractivity contribution in [3.63, 3.8) is 0 Å². The lowest BCUT2D eigenvalue weighted by molar-refractivity contribution is 0.574. The van der Waals surface area contributed by atoms with Gasteiger partial charge in [-0.05, 0) is 36.7 Å². The third-order valence-electron chi connectivity index (χ3n) is 5.12. The zero-order valence-electron chi connectivity index (χ0n) is 18.3. The van der Waals surface area contributed by atoms with E-state index in [4.69, 9.17) is 11.1 Å². The minimum absolute atomic E-state index is 0.0114. The predicted molar refractivity (Wildman–Crippen MR) is 126 cm³/mol. The molecule has 0 aliphatic rings. The lowest BCUT2D eigenvalue weighted by Crippen LogP contribution is -2.32. The number of fused-ring (bicyclic) bond motifs is 1. The van der Waals surface area contributed by atoms with Gasteiger partial charge in [0.25, 0.3) is 0 Å². The van der Waals surface area contributed by atoms with E-state index >= 15 is 0 Å². The fourth-order valence-electron chi connectivity index (χ4n) is 3.33. The number of H-pyrrole nitrogens is 1. The van der Waals surface area contributed by atoms with Crippen LogP contribution in [0.5, 0.6) is 0 Å². The monoisotopic (exact) mass is 421 g/mol. The quantitative estimate of drug-likeness (QED) is 0.166. The number of guanidine groups is 1. The van der Waals surface area contributed by atoms with Gasteiger partial charge >= 0.3 is 5.69 Å². The highest BCUT2D eigenvalue weighted by Gasteiger charge is 2.17. The van der Waals surface area contributed by atoms with Gasteiger partial charge in [-0.25, -0.2) is 4.79 Å². The predicted octanol–water partition coefficient (Wildman–Crippen LogP) is 2.70. The molecular weight excluding hydrogens is 390 g/mol. The molecule has 0 radical (unpaired) electrons. The molecule has 3 rings (SSSR count). The molecule has 31 heavy (non-hydrogen) atoms. The number of nitrogens with two attached hydrogens (primary N) is 1. The van der Waals surface area contributed by atoms with Crippen LogP contribution in [0.3, 0.4) is 0 Å². The van der Waals surface area contributed by atoms with Gasteiger partial charge < -0.3 is 21.4 Å². The lowest BCUT2D eigenvalue weighted by atomic mass is 9.92. The van der Waals surface area contributed by atoms with E-state index in [9.17, 15) is 4.79 Å². The van der Waals surface area contributed by atoms with Crippen molar-refractivity contribution in [3.05, 3.63) is 70.9 Å². The molecule has 3 aromatic rings. The Bertz CT molecular complexity index is 1120. The van der Waals surface area contributed by atoms with E-state index in [1.54, 1.807) is 4.57 Å². The zero-order valence-corrected chi connectivity index (χ0v) is 18.3. The molecule has 0 unspecified atom stereocenters. The number of rotatable bonds is 8. The van der Waals surface area contributed by atoms with Crippen molar-refractivity contribution >= 4 is 17.0 Å². The van der Waals surface area contributed by atoms with Crippen molar-refractivity contribution in [2.24, 2.45) is 5.73 Å². The highest BCUT2D eigenvalue weighted by Crippen LogP contribution is 2.24. The number of hydrogen-bond acceptors (Lipinski definition) is 4. The van der Waals surface area contributed by atoms with Gasteiger partial charge in [0.05, 0.1) is 11.7 Å². The summed E-state index contributed by atoms with van der Waals surface area (Å²) in [6, 6.07) is 9.83. The first kappa shape index (κ1) is 22.3. The van der Waals surface area contributed by atoms with Gasteiger partial charge in [-0.15, -0.1) is 6.58 Å². The Morgan fingerprint density at radius 1 is 1.32 bits per heavy atom. The van der Waals surface area contributed by atoms with Gasteiger partial charge in [-0.1, -0.05) is 39.0 Å². The zero-order chi connectivity index (χ0) is 22.6. The Labute approximate surface area is 182 Å². The summed E-state index contributed by atoms with van der Waals surface area (Å²) in [6.45, 7) is 11.7. The molecule has 0 fully saturated rings. The molecular formula is C23H31N7O. The summed E-state index contributed by atoms with van der Waals surface area (Å²) in [5.41, 5.74) is 8.37. The average molecular weight is 422 g/mol. The summed E-state index contributed by atoms with van der Waals surface area (Å²) in [4.78, 5) is 20.1. The summed E-state index contributed by atoms with van der Waals surface area (Å²) in [6.07, 6.45) is 4.51. The second-order valence-corrected chi connectivity index (χ2v) is 8.58. The van der Waals surface area contributed by atoms with Gasteiger partial charge in [0, 0.05) is 29.2 Å². The van der Waals surface area contributed by atoms with Crippen LogP contribution in [-0.2, 0) is 5.41 Å². The standard InChI is InChI=1S/C23H31N7O/c1-5-18(26-11-6-12-27-21(24)25)15-7-9-17(10-8-15)30-14-16-13-19(23(2,3)4)28-20(16)29-22(30)31/h5,7-10,13-14,18,26H,1,6,11-12H2,2-4H3,(H4,24,25,27)(H,28,29,31)/t18-/m0/s1. The maximum Gasteiger partial charge on any atom is 0.354 e. The normalized spacial score (nSPS) is 12.6. The number of nitrogens with one attached hydrogen (secondary N) is 4. The van der Waals surface area contributed by atoms with E-state index in [1.807, 2.05) is 42.6 Å². The highest BCUT2D eigenvalue weighted by atomic mass is 16.1. The smallest absolute Gasteiger partial charge is 0.354 e. The van der Waals surface area contributed by atoms with Gasteiger partial charge in [0.15, 0.2) is 5.96 Å². The topological polar surface area (TPSA) is 125 Å². The molecule has 0 saturated heterocycles. The molecule has 164 valence electrons. The first-order chi connectivity index (χ1) is 14.7. The minimum Gasteiger partial charge on any atom is -0.370 e. The van der Waals surface area contributed by atoms with Crippen molar-refractivity contribution in [2.75, 3.05) is 13.1 Å². The van der Waals surface area contributed by atoms with E-state index in [-0.39, 0.29) is 23.1 Å². The number of nitrogens with zero attached hydrogens (tertiary/aromatic N) is 2. The van der Waals surface area contributed by atoms with Gasteiger partial charge in [-0.3, -0.25) is 9.98 Å². The molecule has 0 aliphatic carbocycles. The third kappa shape index (κ3) is 5.40. The maximum absolute atomic E-state index is 12.6. The lowest BCUT2D eigenvalue weighted by Gasteiger charge is -2.16. The SMILES string of the molecule is C=C[C@H](NCCCNC(=N)N)c1ccc(-n2cc3cc(C(C)(C)C)[nH]c3nc2=O)cc1. The molecule has 0 spiro atoms. The summed E-state index contributed by atoms with van der Waals surface area (Å²) in [5.74, 6) is -0.0203. The summed E-state index contributed by atoms with van der Waals surface area (Å²) in [7, 11) is 0. The second kappa shape index (κ2) is 9.18. The fourth-order valence-corrected chi connectivity index (χ4v) is 3.33. The number of aromatic amines is 1. The molecule has 0 amide bonds. The number of benzene rings is 1. The first-order valence-corrected chi connectivity index (χ1v) is 10.4. The van der Waals surface area contributed by atoms with E-state index in [1.165, 1.54) is 0 Å². The molecule has 6 N–H and O–H groups in total. The van der Waals surface area contributed by atoms with Crippen LogP contribution >= 0.6 is 0 Å². The first-order valence-electron chi connectivity index (χ1n) is 10.4. The molecule has 2 aromatic heterocycles. The number of hydrogen-bond donors (Lipinski definition) is 5. The Hall–Kier alpha value is -3.39. The Morgan fingerprint density at radius 2 is 2.03 bits per heavy atom. The summed E-state index contributed by atoms with van der Waals surface area (Å²) in [5, 5.41) is 14.3. The van der Waals surface area contributed by atoms with E-state index in [2.05, 4.69) is 48.0 Å². The minimum atomic E-state index is -0.320. The molecule has 0 aliphatic heterocycles. The summed E-state index contributed by atoms with van der Waals surface area (Å²) >= 11 is 0. The molecule has 1 atom stereocenters. The van der Waals surface area contributed by atoms with E-state index < -0.39 is 0 Å². The van der Waals surface area contributed by atoms with Crippen LogP contribution in [0.1, 0.15) is 44.5 Å². The Kier molecular flexibility index (Phi) is 6.60. The fraction of sp³-hybridized carbons (Fsp3) is 0.348. The molecule has 8 heteroatoms. The average Bonchev–Trinajstić information content (AvgIpc) is 3.13. The molecule has 2 heterocycles. The molecule has 0 saturated carbocycles. The third-order valence-corrected chi connectivity index (χ3v) is 5.12. The Balaban J connectivity index is 1.76. The van der Waals surface area contributed by atoms with Crippen LogP contribution < -0.4 is 22.1 Å². The van der Waals surface area contributed by atoms with E-state index in [0.717, 1.165) is 35.3 Å². The Morgan fingerprint density at radius 3 is 2.65 bits per heavy atom. The second-order valence-electron chi connectivity index (χ2n) is 8.58. The van der Waals surface area contributed by atoms with Crippen LogP contribution in [0.2, 0.25) is 0 Å². The highest BCUT2D eigenvalue weighted by molar-refractivity contribution is 5.76. The molecule has 8 nitrogen and oxygen atoms in total. The number of aromatic nitrogens is 3. The molecule has 1 aromatic carbocycles. The summed E-state index contributed by atoms with van der Waals surface area (Å²) < 4.78 is 1.57. The van der Waals surface area contributed by atoms with Crippen LogP contribution in [0, 0.1) is 5.41 Å². The van der Waals surface area contributed by atoms with Crippen molar-refractivity contribution in [1.29, 1.82) is 5.41 Å². The van der Waals surface area contributed by atoms with Gasteiger partial charge in [0.2, 0.25) is 0 Å². The van der Waals surface area contributed by atoms with Crippen molar-refractivity contribution in [3.8, 4) is 5.69 Å². The van der Waals surface area contributed by atoms with Crippen molar-refractivity contribution in [2.45, 2.75) is 38.6 Å². The van der Waals surface area contributed by atoms with Crippen molar-refractivity contribution in [1.82, 2.24) is 25.2 Å². The van der Waals surface area contributed by atoms with Crippen LogP contribution in [0.4, 0.5) is 0 Å².